The van der Waals surface area contributed by atoms with Crippen molar-refractivity contribution in [1.29, 1.82) is 0 Å². The summed E-state index contributed by atoms with van der Waals surface area (Å²) in [5, 5.41) is 2.56. The molecule has 1 aromatic rings. The second-order valence-corrected chi connectivity index (χ2v) is 6.74. The van der Waals surface area contributed by atoms with Gasteiger partial charge in [-0.1, -0.05) is 17.9 Å². The third-order valence-electron chi connectivity index (χ3n) is 2.93. The highest BCUT2D eigenvalue weighted by molar-refractivity contribution is 7.88. The SMILES string of the molecule is CNC(=O)c1cccc(C#CCCCN(C)S(C)(=O)=O)c1. The van der Waals surface area contributed by atoms with Crippen molar-refractivity contribution in [1.82, 2.24) is 9.62 Å². The lowest BCUT2D eigenvalue weighted by molar-refractivity contribution is 0.0963. The van der Waals surface area contributed by atoms with Crippen LogP contribution in [0, 0.1) is 11.8 Å². The highest BCUT2D eigenvalue weighted by atomic mass is 32.2. The maximum atomic E-state index is 11.5. The molecule has 0 unspecified atom stereocenters. The molecule has 0 aromatic heterocycles. The van der Waals surface area contributed by atoms with Gasteiger partial charge in [-0.05, 0) is 24.6 Å². The molecule has 5 nitrogen and oxygen atoms in total. The molecule has 0 aliphatic carbocycles. The Morgan fingerprint density at radius 2 is 2.10 bits per heavy atom. The van der Waals surface area contributed by atoms with Crippen LogP contribution in [0.25, 0.3) is 0 Å². The van der Waals surface area contributed by atoms with Gasteiger partial charge in [0.25, 0.3) is 5.91 Å². The number of amides is 1. The van der Waals surface area contributed by atoms with Crippen LogP contribution in [0.5, 0.6) is 0 Å². The van der Waals surface area contributed by atoms with Gasteiger partial charge in [-0.15, -0.1) is 0 Å². The first-order valence-electron chi connectivity index (χ1n) is 6.57. The Hall–Kier alpha value is -1.84. The van der Waals surface area contributed by atoms with E-state index in [1.54, 1.807) is 32.3 Å². The van der Waals surface area contributed by atoms with E-state index in [1.165, 1.54) is 10.6 Å². The molecule has 1 N–H and O–H groups in total. The molecule has 0 atom stereocenters. The Labute approximate surface area is 126 Å². The van der Waals surface area contributed by atoms with E-state index in [1.807, 2.05) is 6.07 Å². The minimum absolute atomic E-state index is 0.145. The molecule has 0 fully saturated rings. The van der Waals surface area contributed by atoms with Gasteiger partial charge < -0.3 is 5.32 Å². The zero-order valence-electron chi connectivity index (χ0n) is 12.5. The van der Waals surface area contributed by atoms with Crippen molar-refractivity contribution >= 4 is 15.9 Å². The van der Waals surface area contributed by atoms with E-state index in [0.717, 1.165) is 5.56 Å². The van der Waals surface area contributed by atoms with Gasteiger partial charge in [0.2, 0.25) is 10.0 Å². The lowest BCUT2D eigenvalue weighted by Gasteiger charge is -2.12. The van der Waals surface area contributed by atoms with Crippen LogP contribution in [0.2, 0.25) is 0 Å². The fourth-order valence-corrected chi connectivity index (χ4v) is 2.06. The summed E-state index contributed by atoms with van der Waals surface area (Å²) >= 11 is 0. The van der Waals surface area contributed by atoms with Crippen LogP contribution in [0.3, 0.4) is 0 Å². The number of hydrogen-bond donors (Lipinski definition) is 1. The number of nitrogens with one attached hydrogen (secondary N) is 1. The molecule has 1 amide bonds. The van der Waals surface area contributed by atoms with E-state index in [4.69, 9.17) is 0 Å². The van der Waals surface area contributed by atoms with Crippen LogP contribution < -0.4 is 5.32 Å². The molecule has 6 heteroatoms. The molecule has 0 heterocycles. The van der Waals surface area contributed by atoms with Crippen molar-refractivity contribution in [2.24, 2.45) is 0 Å². The summed E-state index contributed by atoms with van der Waals surface area (Å²) in [7, 11) is 0.0140. The zero-order chi connectivity index (χ0) is 15.9. The summed E-state index contributed by atoms with van der Waals surface area (Å²) in [6.45, 7) is 0.450. The molecule has 0 saturated heterocycles. The molecular formula is C15H20N2O3S. The number of nitrogens with zero attached hydrogens (tertiary/aromatic N) is 1. The van der Waals surface area contributed by atoms with Crippen LogP contribution in [0.1, 0.15) is 28.8 Å². The predicted octanol–water partition coefficient (Wildman–Crippen LogP) is 1.07. The van der Waals surface area contributed by atoms with Crippen molar-refractivity contribution in [2.75, 3.05) is 26.9 Å². The van der Waals surface area contributed by atoms with Crippen molar-refractivity contribution in [3.63, 3.8) is 0 Å². The van der Waals surface area contributed by atoms with Gasteiger partial charge in [0.15, 0.2) is 0 Å². The molecule has 0 bridgehead atoms. The molecule has 21 heavy (non-hydrogen) atoms. The van der Waals surface area contributed by atoms with Gasteiger partial charge in [-0.2, -0.15) is 0 Å². The van der Waals surface area contributed by atoms with Gasteiger partial charge in [0, 0.05) is 38.2 Å². The maximum absolute atomic E-state index is 11.5. The van der Waals surface area contributed by atoms with Crippen molar-refractivity contribution in [2.45, 2.75) is 12.8 Å². The van der Waals surface area contributed by atoms with Gasteiger partial charge in [0.1, 0.15) is 0 Å². The minimum Gasteiger partial charge on any atom is -0.355 e. The molecular weight excluding hydrogens is 288 g/mol. The topological polar surface area (TPSA) is 66.5 Å². The van der Waals surface area contributed by atoms with Gasteiger partial charge in [-0.3, -0.25) is 4.79 Å². The Kier molecular flexibility index (Phi) is 6.40. The summed E-state index contributed by atoms with van der Waals surface area (Å²) in [6.07, 6.45) is 2.46. The average Bonchev–Trinajstić information content (AvgIpc) is 2.45. The number of unbranched alkanes of at least 4 members (excludes halogenated alkanes) is 1. The number of carbonyl (C=O) groups is 1. The van der Waals surface area contributed by atoms with E-state index < -0.39 is 10.0 Å². The lowest BCUT2D eigenvalue weighted by Crippen LogP contribution is -2.26. The second-order valence-electron chi connectivity index (χ2n) is 4.65. The fourth-order valence-electron chi connectivity index (χ4n) is 1.60. The maximum Gasteiger partial charge on any atom is 0.251 e. The number of sulfonamides is 1. The second kappa shape index (κ2) is 7.81. The molecule has 0 aliphatic rings. The standard InChI is InChI=1S/C15H20N2O3S/c1-16-15(18)14-10-7-9-13(12-14)8-5-4-6-11-17(2)21(3,19)20/h7,9-10,12H,4,6,11H2,1-3H3,(H,16,18). The smallest absolute Gasteiger partial charge is 0.251 e. The molecule has 114 valence electrons. The summed E-state index contributed by atoms with van der Waals surface area (Å²) in [4.78, 5) is 11.5. The minimum atomic E-state index is -3.12. The Bertz CT molecular complexity index is 657. The third kappa shape index (κ3) is 5.98. The largest absolute Gasteiger partial charge is 0.355 e. The van der Waals surface area contributed by atoms with E-state index in [2.05, 4.69) is 17.2 Å². The molecule has 1 rings (SSSR count). The van der Waals surface area contributed by atoms with Crippen LogP contribution in [-0.2, 0) is 10.0 Å². The number of hydrogen-bond acceptors (Lipinski definition) is 3. The molecule has 0 spiro atoms. The highest BCUT2D eigenvalue weighted by Crippen LogP contribution is 2.04. The molecule has 1 aromatic carbocycles. The van der Waals surface area contributed by atoms with E-state index in [-0.39, 0.29) is 5.91 Å². The number of rotatable bonds is 5. The molecule has 0 radical (unpaired) electrons. The van der Waals surface area contributed by atoms with E-state index in [0.29, 0.717) is 24.9 Å². The average molecular weight is 308 g/mol. The summed E-state index contributed by atoms with van der Waals surface area (Å²) in [5.41, 5.74) is 1.34. The normalized spacial score (nSPS) is 10.9. The first kappa shape index (κ1) is 17.2. The molecule has 0 saturated carbocycles. The van der Waals surface area contributed by atoms with Gasteiger partial charge >= 0.3 is 0 Å². The van der Waals surface area contributed by atoms with Crippen LogP contribution in [0.15, 0.2) is 24.3 Å². The van der Waals surface area contributed by atoms with Crippen molar-refractivity contribution in [3.05, 3.63) is 35.4 Å². The molecule has 0 aliphatic heterocycles. The van der Waals surface area contributed by atoms with E-state index >= 15 is 0 Å². The van der Waals surface area contributed by atoms with Gasteiger partial charge in [-0.25, -0.2) is 12.7 Å². The quantitative estimate of drug-likeness (QED) is 0.653. The zero-order valence-corrected chi connectivity index (χ0v) is 13.3. The van der Waals surface area contributed by atoms with Crippen LogP contribution >= 0.6 is 0 Å². The van der Waals surface area contributed by atoms with E-state index in [9.17, 15) is 13.2 Å². The predicted molar refractivity (Wildman–Crippen MR) is 83.4 cm³/mol. The first-order valence-corrected chi connectivity index (χ1v) is 8.41. The Morgan fingerprint density at radius 1 is 1.38 bits per heavy atom. The monoisotopic (exact) mass is 308 g/mol. The highest BCUT2D eigenvalue weighted by Gasteiger charge is 2.08. The number of carbonyl (C=O) groups excluding carboxylic acids is 1. The van der Waals surface area contributed by atoms with Crippen molar-refractivity contribution in [3.8, 4) is 11.8 Å². The van der Waals surface area contributed by atoms with Crippen molar-refractivity contribution < 1.29 is 13.2 Å². The summed E-state index contributed by atoms with van der Waals surface area (Å²) < 4.78 is 23.7. The summed E-state index contributed by atoms with van der Waals surface area (Å²) in [5.74, 6) is 5.82. The summed E-state index contributed by atoms with van der Waals surface area (Å²) in [6, 6.07) is 7.08. The third-order valence-corrected chi connectivity index (χ3v) is 4.24. The number of benzene rings is 1. The Balaban J connectivity index is 2.54. The fraction of sp³-hybridized carbons (Fsp3) is 0.400. The van der Waals surface area contributed by atoms with Gasteiger partial charge in [0.05, 0.1) is 6.26 Å². The lowest BCUT2D eigenvalue weighted by atomic mass is 10.1. The Morgan fingerprint density at radius 3 is 2.71 bits per heavy atom. The first-order chi connectivity index (χ1) is 9.84. The van der Waals surface area contributed by atoms with Crippen LogP contribution in [0.4, 0.5) is 0 Å². The van der Waals surface area contributed by atoms with Crippen LogP contribution in [-0.4, -0.2) is 45.5 Å².